The summed E-state index contributed by atoms with van der Waals surface area (Å²) in [7, 11) is 0. The standard InChI is InChI=1S/C29H27ClN2O5/c1-2-36-25-16-19(14-23-27(33)31-29(35)32(28(23)34)22-9-5-6-10-22)15-24(30)26(25)37-17-18-11-12-20-7-3-4-8-21(20)13-18/h3-4,7-8,11-16,22H,2,5-6,9-10,17H2,1H3,(H,31,33,35)/b23-14+. The molecule has 190 valence electrons. The van der Waals surface area contributed by atoms with Crippen molar-refractivity contribution in [2.45, 2.75) is 45.3 Å². The van der Waals surface area contributed by atoms with Crippen LogP contribution in [0.3, 0.4) is 0 Å². The van der Waals surface area contributed by atoms with Crippen molar-refractivity contribution in [3.63, 3.8) is 0 Å². The number of fused-ring (bicyclic) bond motifs is 1. The van der Waals surface area contributed by atoms with Crippen molar-refractivity contribution in [1.29, 1.82) is 0 Å². The Balaban J connectivity index is 1.41. The molecule has 2 aliphatic rings. The fraction of sp³-hybridized carbons (Fsp3) is 0.276. The molecular weight excluding hydrogens is 492 g/mol. The number of benzene rings is 3. The number of halogens is 1. The van der Waals surface area contributed by atoms with E-state index in [2.05, 4.69) is 17.4 Å². The quantitative estimate of drug-likeness (QED) is 0.312. The Kier molecular flexibility index (Phi) is 7.15. The van der Waals surface area contributed by atoms with Crippen molar-refractivity contribution in [3.8, 4) is 11.5 Å². The van der Waals surface area contributed by atoms with Crippen LogP contribution in [0.25, 0.3) is 16.8 Å². The van der Waals surface area contributed by atoms with E-state index >= 15 is 0 Å². The first-order valence-electron chi connectivity index (χ1n) is 12.4. The number of carbonyl (C=O) groups is 3. The van der Waals surface area contributed by atoms with E-state index in [1.165, 1.54) is 11.0 Å². The van der Waals surface area contributed by atoms with Crippen molar-refractivity contribution in [1.82, 2.24) is 10.2 Å². The first kappa shape index (κ1) is 24.8. The van der Waals surface area contributed by atoms with Gasteiger partial charge in [-0.1, -0.05) is 60.8 Å². The number of nitrogens with one attached hydrogen (secondary N) is 1. The highest BCUT2D eigenvalue weighted by Crippen LogP contribution is 2.38. The number of hydrogen-bond acceptors (Lipinski definition) is 5. The van der Waals surface area contributed by atoms with E-state index in [9.17, 15) is 14.4 Å². The van der Waals surface area contributed by atoms with E-state index in [1.54, 1.807) is 12.1 Å². The van der Waals surface area contributed by atoms with Gasteiger partial charge in [0.25, 0.3) is 11.8 Å². The number of imide groups is 2. The second-order valence-corrected chi connectivity index (χ2v) is 9.57. The summed E-state index contributed by atoms with van der Waals surface area (Å²) < 4.78 is 11.9. The maximum atomic E-state index is 13.1. The molecule has 2 fully saturated rings. The molecule has 0 bridgehead atoms. The molecule has 1 saturated carbocycles. The average Bonchev–Trinajstić information content (AvgIpc) is 3.40. The molecular formula is C29H27ClN2O5. The minimum absolute atomic E-state index is 0.116. The first-order chi connectivity index (χ1) is 17.9. The molecule has 4 amide bonds. The molecule has 1 aliphatic carbocycles. The van der Waals surface area contributed by atoms with E-state index in [1.807, 2.05) is 37.3 Å². The Morgan fingerprint density at radius 2 is 1.76 bits per heavy atom. The van der Waals surface area contributed by atoms with Crippen LogP contribution in [0.5, 0.6) is 11.5 Å². The molecule has 1 N–H and O–H groups in total. The second-order valence-electron chi connectivity index (χ2n) is 9.16. The lowest BCUT2D eigenvalue weighted by atomic mass is 10.0. The second kappa shape index (κ2) is 10.6. The van der Waals surface area contributed by atoms with E-state index in [0.29, 0.717) is 23.7 Å². The predicted molar refractivity (Wildman–Crippen MR) is 142 cm³/mol. The summed E-state index contributed by atoms with van der Waals surface area (Å²) in [5.41, 5.74) is 1.35. The van der Waals surface area contributed by atoms with Crippen LogP contribution >= 0.6 is 11.6 Å². The highest BCUT2D eigenvalue weighted by Gasteiger charge is 2.40. The molecule has 1 heterocycles. The molecule has 37 heavy (non-hydrogen) atoms. The lowest BCUT2D eigenvalue weighted by Gasteiger charge is -2.31. The van der Waals surface area contributed by atoms with Gasteiger partial charge in [0.05, 0.1) is 11.6 Å². The smallest absolute Gasteiger partial charge is 0.331 e. The van der Waals surface area contributed by atoms with Crippen LogP contribution in [0.1, 0.15) is 43.7 Å². The van der Waals surface area contributed by atoms with Gasteiger partial charge in [0.2, 0.25) is 0 Å². The SMILES string of the molecule is CCOc1cc(/C=C2\C(=O)NC(=O)N(C3CCCC3)C2=O)cc(Cl)c1OCc1ccc2ccccc2c1. The maximum Gasteiger partial charge on any atom is 0.331 e. The third kappa shape index (κ3) is 5.18. The van der Waals surface area contributed by atoms with Crippen LogP contribution in [0.15, 0.2) is 60.2 Å². The predicted octanol–water partition coefficient (Wildman–Crippen LogP) is 5.88. The first-order valence-corrected chi connectivity index (χ1v) is 12.8. The van der Waals surface area contributed by atoms with E-state index in [-0.39, 0.29) is 23.2 Å². The van der Waals surface area contributed by atoms with Crippen molar-refractivity contribution in [3.05, 3.63) is 76.3 Å². The molecule has 3 aromatic carbocycles. The summed E-state index contributed by atoms with van der Waals surface area (Å²) >= 11 is 6.59. The van der Waals surface area contributed by atoms with Crippen LogP contribution in [0.4, 0.5) is 4.79 Å². The number of urea groups is 1. The summed E-state index contributed by atoms with van der Waals surface area (Å²) in [5, 5.41) is 4.84. The summed E-state index contributed by atoms with van der Waals surface area (Å²) in [6.45, 7) is 2.49. The molecule has 8 heteroatoms. The van der Waals surface area contributed by atoms with Gasteiger partial charge in [-0.05, 0) is 65.9 Å². The normalized spacial score (nSPS) is 17.5. The van der Waals surface area contributed by atoms with Gasteiger partial charge in [0, 0.05) is 6.04 Å². The lowest BCUT2D eigenvalue weighted by Crippen LogP contribution is -2.57. The van der Waals surface area contributed by atoms with Crippen LogP contribution in [0.2, 0.25) is 5.02 Å². The fourth-order valence-corrected chi connectivity index (χ4v) is 5.16. The highest BCUT2D eigenvalue weighted by molar-refractivity contribution is 6.33. The Morgan fingerprint density at radius 3 is 2.51 bits per heavy atom. The molecule has 3 aromatic rings. The van der Waals surface area contributed by atoms with E-state index in [4.69, 9.17) is 21.1 Å². The summed E-state index contributed by atoms with van der Waals surface area (Å²) in [6, 6.07) is 16.6. The van der Waals surface area contributed by atoms with Gasteiger partial charge >= 0.3 is 6.03 Å². The zero-order chi connectivity index (χ0) is 25.9. The number of amides is 4. The fourth-order valence-electron chi connectivity index (χ4n) is 4.89. The van der Waals surface area contributed by atoms with Crippen molar-refractivity contribution < 1.29 is 23.9 Å². The largest absolute Gasteiger partial charge is 0.490 e. The van der Waals surface area contributed by atoms with Gasteiger partial charge in [-0.25, -0.2) is 4.79 Å². The summed E-state index contributed by atoms with van der Waals surface area (Å²) in [6.07, 6.45) is 4.81. The van der Waals surface area contributed by atoms with Gasteiger partial charge in [-0.3, -0.25) is 19.8 Å². The zero-order valence-electron chi connectivity index (χ0n) is 20.5. The maximum absolute atomic E-state index is 13.1. The third-order valence-corrected chi connectivity index (χ3v) is 6.94. The van der Waals surface area contributed by atoms with Crippen LogP contribution in [-0.4, -0.2) is 35.4 Å². The average molecular weight is 519 g/mol. The molecule has 7 nitrogen and oxygen atoms in total. The Hall–Kier alpha value is -3.84. The number of rotatable bonds is 7. The summed E-state index contributed by atoms with van der Waals surface area (Å²) in [4.78, 5) is 39.3. The number of ether oxygens (including phenoxy) is 2. The lowest BCUT2D eigenvalue weighted by molar-refractivity contribution is -0.131. The van der Waals surface area contributed by atoms with E-state index < -0.39 is 17.8 Å². The van der Waals surface area contributed by atoms with Gasteiger partial charge in [-0.2, -0.15) is 0 Å². The Morgan fingerprint density at radius 1 is 1.00 bits per heavy atom. The van der Waals surface area contributed by atoms with Crippen LogP contribution in [-0.2, 0) is 16.2 Å². The molecule has 1 saturated heterocycles. The molecule has 0 spiro atoms. The molecule has 0 aromatic heterocycles. The molecule has 0 atom stereocenters. The van der Waals surface area contributed by atoms with Crippen LogP contribution in [0, 0.1) is 0 Å². The Labute approximate surface area is 220 Å². The van der Waals surface area contributed by atoms with Gasteiger partial charge < -0.3 is 9.47 Å². The number of nitrogens with zero attached hydrogens (tertiary/aromatic N) is 1. The van der Waals surface area contributed by atoms with Gasteiger partial charge in [-0.15, -0.1) is 0 Å². The number of hydrogen-bond donors (Lipinski definition) is 1. The highest BCUT2D eigenvalue weighted by atomic mass is 35.5. The Bertz CT molecular complexity index is 1410. The molecule has 5 rings (SSSR count). The zero-order valence-corrected chi connectivity index (χ0v) is 21.2. The third-order valence-electron chi connectivity index (χ3n) is 6.66. The van der Waals surface area contributed by atoms with E-state index in [0.717, 1.165) is 42.0 Å². The van der Waals surface area contributed by atoms with Gasteiger partial charge in [0.15, 0.2) is 11.5 Å². The molecule has 1 aliphatic heterocycles. The summed E-state index contributed by atoms with van der Waals surface area (Å²) in [5.74, 6) is -0.544. The number of barbiturate groups is 1. The molecule has 0 unspecified atom stereocenters. The molecule has 0 radical (unpaired) electrons. The monoisotopic (exact) mass is 518 g/mol. The van der Waals surface area contributed by atoms with Crippen molar-refractivity contribution in [2.75, 3.05) is 6.61 Å². The van der Waals surface area contributed by atoms with Crippen molar-refractivity contribution >= 4 is 46.3 Å². The number of carbonyl (C=O) groups excluding carboxylic acids is 3. The minimum atomic E-state index is -0.727. The van der Waals surface area contributed by atoms with Crippen molar-refractivity contribution in [2.24, 2.45) is 0 Å². The topological polar surface area (TPSA) is 84.9 Å². The minimum Gasteiger partial charge on any atom is -0.490 e. The van der Waals surface area contributed by atoms with Crippen LogP contribution < -0.4 is 14.8 Å². The van der Waals surface area contributed by atoms with Gasteiger partial charge in [0.1, 0.15) is 12.2 Å².